The third-order valence-electron chi connectivity index (χ3n) is 6.38. The van der Waals surface area contributed by atoms with Crippen molar-refractivity contribution in [3.63, 3.8) is 0 Å². The Bertz CT molecular complexity index is 1330. The molecule has 0 saturated carbocycles. The van der Waals surface area contributed by atoms with Gasteiger partial charge in [-0.1, -0.05) is 54.6 Å². The van der Waals surface area contributed by atoms with E-state index in [9.17, 15) is 34.5 Å². The maximum atomic E-state index is 13.5. The van der Waals surface area contributed by atoms with E-state index < -0.39 is 47.9 Å². The van der Waals surface area contributed by atoms with E-state index in [4.69, 9.17) is 5.73 Å². The minimum atomic E-state index is -1.25. The van der Waals surface area contributed by atoms with E-state index in [1.54, 1.807) is 48.5 Å². The Labute approximate surface area is 237 Å². The van der Waals surface area contributed by atoms with Gasteiger partial charge in [-0.15, -0.1) is 0 Å². The van der Waals surface area contributed by atoms with Crippen LogP contribution in [0.4, 0.5) is 0 Å². The van der Waals surface area contributed by atoms with Gasteiger partial charge in [0.2, 0.25) is 17.7 Å². The topological polar surface area (TPSA) is 191 Å². The van der Waals surface area contributed by atoms with Crippen molar-refractivity contribution in [2.24, 2.45) is 5.73 Å². The van der Waals surface area contributed by atoms with Crippen molar-refractivity contribution in [2.45, 2.75) is 50.4 Å². The van der Waals surface area contributed by atoms with Gasteiger partial charge in [-0.25, -0.2) is 0 Å². The molecule has 0 aliphatic carbocycles. The molecule has 4 atom stereocenters. The molecule has 0 spiro atoms. The summed E-state index contributed by atoms with van der Waals surface area (Å²) >= 11 is 0. The van der Waals surface area contributed by atoms with E-state index in [-0.39, 0.29) is 30.8 Å². The number of carboxylic acids is 1. The second kappa shape index (κ2) is 14.5. The van der Waals surface area contributed by atoms with E-state index >= 15 is 0 Å². The monoisotopic (exact) mass is 562 g/mol. The number of rotatable bonds is 13. The van der Waals surface area contributed by atoms with Crippen molar-refractivity contribution in [1.82, 2.24) is 16.0 Å². The normalized spacial score (nSPS) is 13.7. The summed E-state index contributed by atoms with van der Waals surface area (Å²) in [7, 11) is 0. The number of amides is 3. The van der Waals surface area contributed by atoms with Crippen LogP contribution in [0.1, 0.15) is 23.6 Å². The van der Waals surface area contributed by atoms with Crippen LogP contribution in [-0.2, 0) is 38.4 Å². The van der Waals surface area contributed by atoms with Crippen LogP contribution in [0.2, 0.25) is 0 Å². The van der Waals surface area contributed by atoms with Gasteiger partial charge in [0.25, 0.3) is 0 Å². The third kappa shape index (κ3) is 9.66. The number of hydrogen-bond acceptors (Lipinski definition) is 7. The molecule has 0 aliphatic heterocycles. The molecule has 3 amide bonds. The summed E-state index contributed by atoms with van der Waals surface area (Å²) in [4.78, 5) is 51.0. The standard InChI is InChI=1S/C30H34N4O7/c1-18(30(40)41)32-28(38)25(17-21-9-13-23(36)14-10-21)34-29(39)26(16-19-5-3-2-4-6-19)33-27(37)24(31)15-20-7-11-22(35)12-8-20/h2-14,18,24-26,35-36H,15-17,31H2,1H3,(H,32,38)(H,33,37)(H,34,39)(H,40,41). The maximum absolute atomic E-state index is 13.5. The molecule has 0 radical (unpaired) electrons. The van der Waals surface area contributed by atoms with Gasteiger partial charge < -0.3 is 37.0 Å². The number of nitrogens with one attached hydrogen (secondary N) is 3. The first-order chi connectivity index (χ1) is 19.5. The van der Waals surface area contributed by atoms with Crippen molar-refractivity contribution < 1.29 is 34.5 Å². The highest BCUT2D eigenvalue weighted by molar-refractivity contribution is 5.94. The first-order valence-corrected chi connectivity index (χ1v) is 13.0. The number of phenols is 2. The van der Waals surface area contributed by atoms with Gasteiger partial charge in [-0.2, -0.15) is 0 Å². The molecule has 216 valence electrons. The average Bonchev–Trinajstić information content (AvgIpc) is 2.95. The molecule has 0 saturated heterocycles. The van der Waals surface area contributed by atoms with Crippen molar-refractivity contribution in [3.05, 3.63) is 95.6 Å². The first kappa shape index (κ1) is 30.6. The fourth-order valence-electron chi connectivity index (χ4n) is 4.04. The van der Waals surface area contributed by atoms with Crippen molar-refractivity contribution in [1.29, 1.82) is 0 Å². The predicted molar refractivity (Wildman–Crippen MR) is 151 cm³/mol. The van der Waals surface area contributed by atoms with E-state index in [1.807, 2.05) is 6.07 Å². The molecule has 0 aromatic heterocycles. The Morgan fingerprint density at radius 3 is 1.54 bits per heavy atom. The van der Waals surface area contributed by atoms with Gasteiger partial charge in [0.15, 0.2) is 0 Å². The fourth-order valence-corrected chi connectivity index (χ4v) is 4.04. The highest BCUT2D eigenvalue weighted by atomic mass is 16.4. The molecule has 11 nitrogen and oxygen atoms in total. The van der Waals surface area contributed by atoms with Crippen LogP contribution in [-0.4, -0.2) is 63.2 Å². The Hall–Kier alpha value is -4.90. The Balaban J connectivity index is 1.80. The summed E-state index contributed by atoms with van der Waals surface area (Å²) in [6.07, 6.45) is 0.255. The number of carbonyl (C=O) groups is 4. The molecule has 0 aliphatic rings. The number of benzene rings is 3. The molecular formula is C30H34N4O7. The van der Waals surface area contributed by atoms with E-state index in [0.29, 0.717) is 11.1 Å². The minimum absolute atomic E-state index is 0.00341. The number of phenolic OH excluding ortho intramolecular Hbond substituents is 2. The second-order valence-corrected chi connectivity index (χ2v) is 9.73. The van der Waals surface area contributed by atoms with Crippen LogP contribution in [0.5, 0.6) is 11.5 Å². The summed E-state index contributed by atoms with van der Waals surface area (Å²) in [5, 5.41) is 36.0. The van der Waals surface area contributed by atoms with Crippen LogP contribution in [0.15, 0.2) is 78.9 Å². The Morgan fingerprint density at radius 2 is 1.05 bits per heavy atom. The van der Waals surface area contributed by atoms with Gasteiger partial charge >= 0.3 is 5.97 Å². The number of aliphatic carboxylic acids is 1. The summed E-state index contributed by atoms with van der Waals surface area (Å²) in [5.74, 6) is -3.13. The molecule has 3 aromatic carbocycles. The lowest BCUT2D eigenvalue weighted by molar-refractivity contribution is -0.141. The largest absolute Gasteiger partial charge is 0.508 e. The van der Waals surface area contributed by atoms with Gasteiger partial charge in [0.05, 0.1) is 6.04 Å². The predicted octanol–water partition coefficient (Wildman–Crippen LogP) is 1.01. The van der Waals surface area contributed by atoms with Gasteiger partial charge in [-0.3, -0.25) is 19.2 Å². The number of carbonyl (C=O) groups excluding carboxylic acids is 3. The zero-order chi connectivity index (χ0) is 29.9. The molecular weight excluding hydrogens is 528 g/mol. The Morgan fingerprint density at radius 1 is 0.634 bits per heavy atom. The second-order valence-electron chi connectivity index (χ2n) is 9.73. The lowest BCUT2D eigenvalue weighted by Gasteiger charge is -2.25. The average molecular weight is 563 g/mol. The fraction of sp³-hybridized carbons (Fsp3) is 0.267. The van der Waals surface area contributed by atoms with Gasteiger partial charge in [0, 0.05) is 12.8 Å². The van der Waals surface area contributed by atoms with Crippen LogP contribution >= 0.6 is 0 Å². The lowest BCUT2D eigenvalue weighted by Crippen LogP contribution is -2.58. The van der Waals surface area contributed by atoms with Crippen molar-refractivity contribution in [3.8, 4) is 11.5 Å². The number of aromatic hydroxyl groups is 2. The smallest absolute Gasteiger partial charge is 0.325 e. The number of hydrogen-bond donors (Lipinski definition) is 7. The molecule has 3 rings (SSSR count). The molecule has 0 fully saturated rings. The minimum Gasteiger partial charge on any atom is -0.508 e. The number of nitrogens with two attached hydrogens (primary N) is 1. The SMILES string of the molecule is CC(NC(=O)C(Cc1ccc(O)cc1)NC(=O)C(Cc1ccccc1)NC(=O)C(N)Cc1ccc(O)cc1)C(=O)O. The summed E-state index contributed by atoms with van der Waals surface area (Å²) in [5.41, 5.74) is 8.20. The summed E-state index contributed by atoms with van der Waals surface area (Å²) < 4.78 is 0. The van der Waals surface area contributed by atoms with Crippen LogP contribution < -0.4 is 21.7 Å². The van der Waals surface area contributed by atoms with Crippen molar-refractivity contribution in [2.75, 3.05) is 0 Å². The van der Waals surface area contributed by atoms with E-state index in [2.05, 4.69) is 16.0 Å². The Kier molecular flexibility index (Phi) is 10.8. The summed E-state index contributed by atoms with van der Waals surface area (Å²) in [6, 6.07) is 16.7. The molecule has 3 aromatic rings. The molecule has 11 heteroatoms. The molecule has 0 heterocycles. The van der Waals surface area contributed by atoms with Crippen LogP contribution in [0, 0.1) is 0 Å². The molecule has 8 N–H and O–H groups in total. The highest BCUT2D eigenvalue weighted by Gasteiger charge is 2.30. The quantitative estimate of drug-likeness (QED) is 0.160. The molecule has 41 heavy (non-hydrogen) atoms. The van der Waals surface area contributed by atoms with Gasteiger partial charge in [0.1, 0.15) is 29.6 Å². The van der Waals surface area contributed by atoms with E-state index in [0.717, 1.165) is 5.56 Å². The highest BCUT2D eigenvalue weighted by Crippen LogP contribution is 2.13. The third-order valence-corrected chi connectivity index (χ3v) is 6.38. The number of carboxylic acid groups (broad SMARTS) is 1. The van der Waals surface area contributed by atoms with Gasteiger partial charge in [-0.05, 0) is 54.3 Å². The zero-order valence-corrected chi connectivity index (χ0v) is 22.5. The zero-order valence-electron chi connectivity index (χ0n) is 22.5. The van der Waals surface area contributed by atoms with Crippen LogP contribution in [0.3, 0.4) is 0 Å². The molecule has 0 bridgehead atoms. The molecule has 4 unspecified atom stereocenters. The maximum Gasteiger partial charge on any atom is 0.325 e. The first-order valence-electron chi connectivity index (χ1n) is 13.0. The van der Waals surface area contributed by atoms with Crippen molar-refractivity contribution >= 4 is 23.7 Å². The lowest BCUT2D eigenvalue weighted by atomic mass is 10.0. The van der Waals surface area contributed by atoms with E-state index in [1.165, 1.54) is 31.2 Å². The summed E-state index contributed by atoms with van der Waals surface area (Å²) in [6.45, 7) is 1.30. The van der Waals surface area contributed by atoms with Crippen LogP contribution in [0.25, 0.3) is 0 Å².